The smallest absolute Gasteiger partial charge is 0.302 e. The van der Waals surface area contributed by atoms with Crippen LogP contribution < -0.4 is 4.90 Å². The molecule has 13 heteroatoms. The van der Waals surface area contributed by atoms with E-state index in [0.717, 1.165) is 9.80 Å². The van der Waals surface area contributed by atoms with Crippen LogP contribution in [0.2, 0.25) is 5.02 Å². The van der Waals surface area contributed by atoms with Gasteiger partial charge in [-0.05, 0) is 36.4 Å². The number of benzene rings is 3. The monoisotopic (exact) mass is 661 g/mol. The Bertz CT molecular complexity index is 1810. The first-order valence-corrected chi connectivity index (χ1v) is 15.5. The molecule has 1 aliphatic heterocycles. The number of hydrogen-bond donors (Lipinski definition) is 0. The second kappa shape index (κ2) is 13.4. The van der Waals surface area contributed by atoms with E-state index in [1.54, 1.807) is 71.3 Å². The second-order valence-corrected chi connectivity index (χ2v) is 12.2. The molecule has 3 heterocycles. The Morgan fingerprint density at radius 2 is 1.53 bits per heavy atom. The number of nitrogens with zero attached hydrogens (tertiary/aromatic N) is 5. The lowest BCUT2D eigenvalue weighted by Crippen LogP contribution is -2.38. The number of rotatable bonds is 8. The second-order valence-electron chi connectivity index (χ2n) is 10.0. The Morgan fingerprint density at radius 1 is 0.911 bits per heavy atom. The molecular formula is C32H25Cl2N5O5S. The summed E-state index contributed by atoms with van der Waals surface area (Å²) in [5.41, 5.74) is 1.09. The lowest BCUT2D eigenvalue weighted by molar-refractivity contribution is -0.145. The van der Waals surface area contributed by atoms with Gasteiger partial charge in [-0.3, -0.25) is 19.0 Å². The number of amides is 2. The van der Waals surface area contributed by atoms with Crippen molar-refractivity contribution < 1.29 is 23.9 Å². The fraction of sp³-hybridized carbons (Fsp3) is 0.188. The summed E-state index contributed by atoms with van der Waals surface area (Å²) in [5.74, 6) is -1.61. The highest BCUT2D eigenvalue weighted by molar-refractivity contribution is 8.00. The third-order valence-electron chi connectivity index (χ3n) is 7.09. The fourth-order valence-electron chi connectivity index (χ4n) is 4.96. The molecule has 5 aromatic rings. The van der Waals surface area contributed by atoms with Gasteiger partial charge in [-0.15, -0.1) is 23.4 Å². The van der Waals surface area contributed by atoms with Gasteiger partial charge in [0.15, 0.2) is 23.2 Å². The average Bonchev–Trinajstić information content (AvgIpc) is 3.63. The van der Waals surface area contributed by atoms with Gasteiger partial charge < -0.3 is 9.47 Å². The van der Waals surface area contributed by atoms with Gasteiger partial charge in [-0.2, -0.15) is 0 Å². The molecule has 10 nitrogen and oxygen atoms in total. The van der Waals surface area contributed by atoms with E-state index in [-0.39, 0.29) is 17.9 Å². The van der Waals surface area contributed by atoms with Gasteiger partial charge in [0.1, 0.15) is 19.0 Å². The number of carbonyl (C=O) groups is 3. The van der Waals surface area contributed by atoms with Gasteiger partial charge in [-0.25, -0.2) is 19.9 Å². The van der Waals surface area contributed by atoms with Crippen LogP contribution in [0.5, 0.6) is 0 Å². The summed E-state index contributed by atoms with van der Waals surface area (Å²) in [6.45, 7) is 1.25. The number of imidazole rings is 1. The molecule has 2 aromatic heterocycles. The molecule has 0 saturated carbocycles. The average molecular weight is 663 g/mol. The number of imide groups is 1. The van der Waals surface area contributed by atoms with E-state index in [1.165, 1.54) is 31.3 Å². The maximum absolute atomic E-state index is 13.9. The quantitative estimate of drug-likeness (QED) is 0.109. The molecule has 0 radical (unpaired) electrons. The predicted octanol–water partition coefficient (Wildman–Crippen LogP) is 6.20. The molecule has 1 fully saturated rings. The maximum atomic E-state index is 13.9. The van der Waals surface area contributed by atoms with Crippen LogP contribution in [-0.4, -0.2) is 60.6 Å². The third kappa shape index (κ3) is 6.30. The molecule has 0 aliphatic carbocycles. The minimum absolute atomic E-state index is 0.00801. The van der Waals surface area contributed by atoms with Crippen molar-refractivity contribution in [1.82, 2.24) is 19.5 Å². The molecule has 0 unspecified atom stereocenters. The summed E-state index contributed by atoms with van der Waals surface area (Å²) >= 11 is 14.9. The number of halogens is 2. The number of ether oxygens (including phenoxy) is 2. The van der Waals surface area contributed by atoms with Crippen LogP contribution in [0, 0.1) is 0 Å². The zero-order valence-electron chi connectivity index (χ0n) is 23.7. The normalized spacial score (nSPS) is 19.4. The van der Waals surface area contributed by atoms with Crippen LogP contribution in [0.4, 0.5) is 5.82 Å². The molecule has 228 valence electrons. The molecule has 0 N–H and O–H groups in total. The molecular weight excluding hydrogens is 637 g/mol. The first-order valence-electron chi connectivity index (χ1n) is 13.8. The van der Waals surface area contributed by atoms with E-state index in [9.17, 15) is 14.4 Å². The maximum Gasteiger partial charge on any atom is 0.302 e. The van der Waals surface area contributed by atoms with Crippen molar-refractivity contribution in [2.75, 3.05) is 11.5 Å². The Morgan fingerprint density at radius 3 is 2.16 bits per heavy atom. The summed E-state index contributed by atoms with van der Waals surface area (Å²) in [6.07, 6.45) is 1.36. The summed E-state index contributed by atoms with van der Waals surface area (Å²) in [4.78, 5) is 54.5. The van der Waals surface area contributed by atoms with Gasteiger partial charge in [0.25, 0.3) is 11.8 Å². The van der Waals surface area contributed by atoms with Crippen molar-refractivity contribution in [3.63, 3.8) is 0 Å². The number of fused-ring (bicyclic) bond motifs is 1. The highest BCUT2D eigenvalue weighted by Gasteiger charge is 2.46. The van der Waals surface area contributed by atoms with Gasteiger partial charge in [-0.1, -0.05) is 60.1 Å². The van der Waals surface area contributed by atoms with Gasteiger partial charge >= 0.3 is 5.97 Å². The van der Waals surface area contributed by atoms with Gasteiger partial charge in [0.05, 0.1) is 22.0 Å². The first kappa shape index (κ1) is 30.7. The highest BCUT2D eigenvalue weighted by atomic mass is 35.5. The summed E-state index contributed by atoms with van der Waals surface area (Å²) < 4.78 is 13.3. The van der Waals surface area contributed by atoms with Crippen molar-refractivity contribution in [1.29, 1.82) is 0 Å². The van der Waals surface area contributed by atoms with E-state index in [4.69, 9.17) is 32.7 Å². The van der Waals surface area contributed by atoms with E-state index in [0.29, 0.717) is 21.8 Å². The van der Waals surface area contributed by atoms with E-state index in [1.807, 2.05) is 18.2 Å². The van der Waals surface area contributed by atoms with Crippen LogP contribution in [0.3, 0.4) is 0 Å². The van der Waals surface area contributed by atoms with E-state index in [2.05, 4.69) is 15.0 Å². The molecule has 0 bridgehead atoms. The summed E-state index contributed by atoms with van der Waals surface area (Å²) in [7, 11) is 0. The first-order chi connectivity index (χ1) is 21.8. The molecule has 2 amide bonds. The van der Waals surface area contributed by atoms with Crippen LogP contribution in [-0.2, 0) is 14.3 Å². The molecule has 3 aromatic carbocycles. The number of anilines is 1. The topological polar surface area (TPSA) is 117 Å². The zero-order valence-corrected chi connectivity index (χ0v) is 26.0. The largest absolute Gasteiger partial charge is 0.463 e. The van der Waals surface area contributed by atoms with Crippen molar-refractivity contribution in [2.24, 2.45) is 0 Å². The minimum Gasteiger partial charge on any atom is -0.463 e. The molecule has 1 aliphatic rings. The number of hydrogen-bond acceptors (Lipinski definition) is 9. The molecule has 6 rings (SSSR count). The van der Waals surface area contributed by atoms with Gasteiger partial charge in [0, 0.05) is 22.9 Å². The summed E-state index contributed by atoms with van der Waals surface area (Å²) in [5, 5.41) is -0.496. The highest BCUT2D eigenvalue weighted by Crippen LogP contribution is 2.46. The number of aromatic nitrogens is 4. The van der Waals surface area contributed by atoms with Crippen molar-refractivity contribution in [3.05, 3.63) is 114 Å². The third-order valence-corrected chi connectivity index (χ3v) is 9.64. The number of thioether (sulfide) groups is 1. The van der Waals surface area contributed by atoms with Crippen LogP contribution >= 0.6 is 35.0 Å². The zero-order chi connectivity index (χ0) is 31.5. The predicted molar refractivity (Wildman–Crippen MR) is 171 cm³/mol. The minimum atomic E-state index is -0.745. The van der Waals surface area contributed by atoms with E-state index >= 15 is 0 Å². The van der Waals surface area contributed by atoms with Crippen LogP contribution in [0.25, 0.3) is 11.2 Å². The number of carbonyl (C=O) groups excluding carboxylic acids is 3. The Balaban J connectivity index is 1.43. The fourth-order valence-corrected chi connectivity index (χ4v) is 6.89. The van der Waals surface area contributed by atoms with Crippen LogP contribution in [0.1, 0.15) is 33.9 Å². The summed E-state index contributed by atoms with van der Waals surface area (Å²) in [6, 6.07) is 24.3. The SMILES string of the molecule is CC(=O)OC[C@H]1O[C@@H](n2cnc3c(N(C(=O)c4ccccc4)C(=O)c4ccccc4)ncnc32)[C@@H](Sc2ccccc2Cl)[C@@H]1Cl. The Kier molecular flexibility index (Phi) is 9.13. The van der Waals surface area contributed by atoms with Crippen molar-refractivity contribution in [2.45, 2.75) is 34.8 Å². The molecule has 45 heavy (non-hydrogen) atoms. The Labute approximate surface area is 272 Å². The number of alkyl halides is 1. The van der Waals surface area contributed by atoms with Crippen molar-refractivity contribution in [3.8, 4) is 0 Å². The molecule has 4 atom stereocenters. The standard InChI is InChI=1S/C32H25Cl2N5O5S/c1-19(40)43-16-23-25(34)27(45-24-15-9-8-14-22(24)33)32(44-23)38-18-37-26-28(38)35-17-36-29(26)39(30(41)20-10-4-2-5-11-20)31(42)21-12-6-3-7-13-21/h2-15,17-18,23,25,27,32H,16H2,1H3/t23-,25-,27+,32-/m1/s1. The van der Waals surface area contributed by atoms with Crippen molar-refractivity contribution >= 4 is 69.7 Å². The number of esters is 1. The van der Waals surface area contributed by atoms with E-state index < -0.39 is 40.7 Å². The molecule has 1 saturated heterocycles. The molecule has 0 spiro atoms. The van der Waals surface area contributed by atoms with Gasteiger partial charge in [0.2, 0.25) is 0 Å². The lowest BCUT2D eigenvalue weighted by atomic mass is 10.1. The van der Waals surface area contributed by atoms with Crippen LogP contribution in [0.15, 0.2) is 102 Å². The Hall–Kier alpha value is -4.29. The lowest BCUT2D eigenvalue weighted by Gasteiger charge is -2.22.